The van der Waals surface area contributed by atoms with E-state index in [-0.39, 0.29) is 0 Å². The number of carbonyl (C=O) groups excluding carboxylic acids is 1. The quantitative estimate of drug-likeness (QED) is 0.775. The molecule has 1 saturated heterocycles. The molecule has 1 amide bonds. The summed E-state index contributed by atoms with van der Waals surface area (Å²) in [5.74, 6) is -0.956. The molecule has 0 aliphatic carbocycles. The van der Waals surface area contributed by atoms with Crippen molar-refractivity contribution in [3.8, 4) is 0 Å². The molecule has 0 atom stereocenters. The van der Waals surface area contributed by atoms with E-state index in [1.165, 1.54) is 0 Å². The number of hydrogen-bond acceptors (Lipinski definition) is 3. The van der Waals surface area contributed by atoms with E-state index in [9.17, 15) is 14.7 Å². The lowest BCUT2D eigenvalue weighted by Gasteiger charge is -2.39. The van der Waals surface area contributed by atoms with E-state index < -0.39 is 11.5 Å². The Morgan fingerprint density at radius 3 is 2.39 bits per heavy atom. The van der Waals surface area contributed by atoms with Gasteiger partial charge in [0, 0.05) is 18.8 Å². The third-order valence-corrected chi connectivity index (χ3v) is 3.48. The van der Waals surface area contributed by atoms with Gasteiger partial charge in [-0.25, -0.2) is 4.79 Å². The first kappa shape index (κ1) is 12.4. The van der Waals surface area contributed by atoms with E-state index in [1.54, 1.807) is 0 Å². The molecule has 2 rings (SSSR count). The average Bonchev–Trinajstić information content (AvgIpc) is 2.41. The maximum Gasteiger partial charge on any atom is 0.329 e. The standard InChI is InChI=1S/C13H16N2O3/c16-10-14-13(12(17)18)6-8-15(9-7-13)11-4-2-1-3-5-11/h1-5,10H,6-9H2,(H,14,16)(H,17,18). The lowest BCUT2D eigenvalue weighted by Crippen LogP contribution is -2.58. The van der Waals surface area contributed by atoms with Crippen LogP contribution in [0.1, 0.15) is 12.8 Å². The molecule has 96 valence electrons. The summed E-state index contributed by atoms with van der Waals surface area (Å²) in [6.45, 7) is 1.24. The molecule has 1 heterocycles. The molecule has 2 N–H and O–H groups in total. The smallest absolute Gasteiger partial charge is 0.329 e. The molecular weight excluding hydrogens is 232 g/mol. The molecule has 1 aromatic rings. The summed E-state index contributed by atoms with van der Waals surface area (Å²) in [5, 5.41) is 11.7. The molecule has 0 unspecified atom stereocenters. The van der Waals surface area contributed by atoms with Crippen molar-refractivity contribution in [3.05, 3.63) is 30.3 Å². The second-order valence-corrected chi connectivity index (χ2v) is 4.47. The van der Waals surface area contributed by atoms with E-state index in [0.29, 0.717) is 32.3 Å². The number of hydrogen-bond donors (Lipinski definition) is 2. The number of carboxylic acids is 1. The summed E-state index contributed by atoms with van der Waals surface area (Å²) >= 11 is 0. The van der Waals surface area contributed by atoms with Crippen LogP contribution in [-0.2, 0) is 9.59 Å². The van der Waals surface area contributed by atoms with Crippen LogP contribution in [-0.4, -0.2) is 36.1 Å². The van der Waals surface area contributed by atoms with Gasteiger partial charge in [0.25, 0.3) is 0 Å². The summed E-state index contributed by atoms with van der Waals surface area (Å²) in [5.41, 5.74) is -0.0184. The average molecular weight is 248 g/mol. The van der Waals surface area contributed by atoms with Crippen LogP contribution in [0.2, 0.25) is 0 Å². The summed E-state index contributed by atoms with van der Waals surface area (Å²) in [6.07, 6.45) is 1.30. The molecule has 5 nitrogen and oxygen atoms in total. The van der Waals surface area contributed by atoms with Crippen LogP contribution in [0.15, 0.2) is 30.3 Å². The highest BCUT2D eigenvalue weighted by Crippen LogP contribution is 2.26. The van der Waals surface area contributed by atoms with Crippen molar-refractivity contribution in [1.82, 2.24) is 5.32 Å². The maximum absolute atomic E-state index is 11.3. The van der Waals surface area contributed by atoms with Gasteiger partial charge < -0.3 is 15.3 Å². The third-order valence-electron chi connectivity index (χ3n) is 3.48. The van der Waals surface area contributed by atoms with Crippen LogP contribution in [0.3, 0.4) is 0 Å². The Morgan fingerprint density at radius 1 is 1.28 bits per heavy atom. The normalized spacial score (nSPS) is 18.1. The highest BCUT2D eigenvalue weighted by Gasteiger charge is 2.41. The van der Waals surface area contributed by atoms with Crippen molar-refractivity contribution in [2.24, 2.45) is 0 Å². The molecule has 0 saturated carbocycles. The predicted molar refractivity (Wildman–Crippen MR) is 67.5 cm³/mol. The Kier molecular flexibility index (Phi) is 3.50. The minimum atomic E-state index is -1.10. The van der Waals surface area contributed by atoms with Crippen LogP contribution >= 0.6 is 0 Å². The summed E-state index contributed by atoms with van der Waals surface area (Å²) in [6, 6.07) is 9.86. The number of nitrogens with one attached hydrogen (secondary N) is 1. The van der Waals surface area contributed by atoms with Crippen LogP contribution < -0.4 is 10.2 Å². The van der Waals surface area contributed by atoms with E-state index in [2.05, 4.69) is 10.2 Å². The van der Waals surface area contributed by atoms with Gasteiger partial charge in [-0.3, -0.25) is 4.79 Å². The van der Waals surface area contributed by atoms with Crippen LogP contribution in [0, 0.1) is 0 Å². The molecule has 0 aromatic heterocycles. The number of anilines is 1. The van der Waals surface area contributed by atoms with Crippen molar-refractivity contribution in [2.75, 3.05) is 18.0 Å². The fraction of sp³-hybridized carbons (Fsp3) is 0.385. The van der Waals surface area contributed by atoms with Gasteiger partial charge in [-0.2, -0.15) is 0 Å². The molecule has 0 radical (unpaired) electrons. The molecular formula is C13H16N2O3. The molecule has 5 heteroatoms. The van der Waals surface area contributed by atoms with Crippen molar-refractivity contribution >= 4 is 18.1 Å². The van der Waals surface area contributed by atoms with Gasteiger partial charge >= 0.3 is 5.97 Å². The third kappa shape index (κ3) is 2.30. The second-order valence-electron chi connectivity index (χ2n) is 4.47. The number of rotatable bonds is 4. The van der Waals surface area contributed by atoms with Crippen molar-refractivity contribution in [2.45, 2.75) is 18.4 Å². The Bertz CT molecular complexity index is 425. The molecule has 1 aliphatic rings. The zero-order valence-corrected chi connectivity index (χ0v) is 10.0. The summed E-state index contributed by atoms with van der Waals surface area (Å²) in [7, 11) is 0. The Hall–Kier alpha value is -2.04. The van der Waals surface area contributed by atoms with Gasteiger partial charge in [-0.15, -0.1) is 0 Å². The van der Waals surface area contributed by atoms with Crippen molar-refractivity contribution in [3.63, 3.8) is 0 Å². The van der Waals surface area contributed by atoms with Gasteiger partial charge in [0.1, 0.15) is 5.54 Å². The van der Waals surface area contributed by atoms with Gasteiger partial charge in [0.2, 0.25) is 6.41 Å². The first-order valence-electron chi connectivity index (χ1n) is 5.93. The van der Waals surface area contributed by atoms with Crippen molar-refractivity contribution < 1.29 is 14.7 Å². The zero-order chi connectivity index (χ0) is 13.0. The van der Waals surface area contributed by atoms with E-state index in [0.717, 1.165) is 5.69 Å². The molecule has 1 fully saturated rings. The van der Waals surface area contributed by atoms with Gasteiger partial charge in [0.15, 0.2) is 0 Å². The first-order chi connectivity index (χ1) is 8.68. The number of piperidine rings is 1. The number of aliphatic carboxylic acids is 1. The fourth-order valence-electron chi connectivity index (χ4n) is 2.32. The number of amides is 1. The molecule has 1 aliphatic heterocycles. The highest BCUT2D eigenvalue weighted by atomic mass is 16.4. The van der Waals surface area contributed by atoms with E-state index in [4.69, 9.17) is 0 Å². The van der Waals surface area contributed by atoms with Crippen LogP contribution in [0.25, 0.3) is 0 Å². The highest BCUT2D eigenvalue weighted by molar-refractivity contribution is 5.82. The number of para-hydroxylation sites is 1. The Labute approximate surface area is 105 Å². The minimum Gasteiger partial charge on any atom is -0.480 e. The lowest BCUT2D eigenvalue weighted by atomic mass is 9.87. The number of carboxylic acid groups (broad SMARTS) is 1. The molecule has 0 bridgehead atoms. The minimum absolute atomic E-state index is 0.413. The Balaban J connectivity index is 2.07. The fourth-order valence-corrected chi connectivity index (χ4v) is 2.32. The van der Waals surface area contributed by atoms with E-state index in [1.807, 2.05) is 30.3 Å². The van der Waals surface area contributed by atoms with Crippen molar-refractivity contribution in [1.29, 1.82) is 0 Å². The summed E-state index contributed by atoms with van der Waals surface area (Å²) < 4.78 is 0. The molecule has 1 aromatic carbocycles. The van der Waals surface area contributed by atoms with E-state index >= 15 is 0 Å². The zero-order valence-electron chi connectivity index (χ0n) is 10.0. The van der Waals surface area contributed by atoms with Gasteiger partial charge in [0.05, 0.1) is 0 Å². The second kappa shape index (κ2) is 5.08. The first-order valence-corrected chi connectivity index (χ1v) is 5.93. The van der Waals surface area contributed by atoms with Gasteiger partial charge in [-0.05, 0) is 25.0 Å². The maximum atomic E-state index is 11.3. The predicted octanol–water partition coefficient (Wildman–Crippen LogP) is 0.856. The monoisotopic (exact) mass is 248 g/mol. The number of benzene rings is 1. The SMILES string of the molecule is O=CNC1(C(=O)O)CCN(c2ccccc2)CC1. The van der Waals surface area contributed by atoms with Crippen LogP contribution in [0.4, 0.5) is 5.69 Å². The number of nitrogens with zero attached hydrogens (tertiary/aromatic N) is 1. The van der Waals surface area contributed by atoms with Crippen LogP contribution in [0.5, 0.6) is 0 Å². The molecule has 0 spiro atoms. The van der Waals surface area contributed by atoms with Gasteiger partial charge in [-0.1, -0.05) is 18.2 Å². The summed E-state index contributed by atoms with van der Waals surface area (Å²) in [4.78, 5) is 23.9. The Morgan fingerprint density at radius 2 is 1.89 bits per heavy atom. The topological polar surface area (TPSA) is 69.6 Å². The lowest BCUT2D eigenvalue weighted by molar-refractivity contribution is -0.147. The molecule has 18 heavy (non-hydrogen) atoms. The number of carbonyl (C=O) groups is 2. The largest absolute Gasteiger partial charge is 0.480 e.